The normalized spacial score (nSPS) is 11.6. The molecule has 2 rings (SSSR count). The average Bonchev–Trinajstić information content (AvgIpc) is 2.61. The lowest BCUT2D eigenvalue weighted by atomic mass is 10.3. The topological polar surface area (TPSA) is 61.8 Å². The van der Waals surface area contributed by atoms with Gasteiger partial charge >= 0.3 is 5.69 Å². The van der Waals surface area contributed by atoms with Gasteiger partial charge in [-0.15, -0.1) is 0 Å². The van der Waals surface area contributed by atoms with Crippen molar-refractivity contribution in [3.63, 3.8) is 0 Å². The molecule has 0 aromatic carbocycles. The third-order valence-corrected chi connectivity index (χ3v) is 2.96. The fourth-order valence-corrected chi connectivity index (χ4v) is 2.08. The summed E-state index contributed by atoms with van der Waals surface area (Å²) in [6.07, 6.45) is 0. The van der Waals surface area contributed by atoms with Gasteiger partial charge in [-0.3, -0.25) is 18.6 Å². The van der Waals surface area contributed by atoms with E-state index in [0.717, 1.165) is 4.57 Å². The van der Waals surface area contributed by atoms with Crippen molar-refractivity contribution < 1.29 is 0 Å². The van der Waals surface area contributed by atoms with Gasteiger partial charge in [-0.05, 0) is 20.8 Å². The highest BCUT2D eigenvalue weighted by Gasteiger charge is 2.18. The first-order chi connectivity index (χ1) is 7.86. The summed E-state index contributed by atoms with van der Waals surface area (Å²) in [7, 11) is 3.14. The minimum absolute atomic E-state index is 0.0800. The summed E-state index contributed by atoms with van der Waals surface area (Å²) in [5, 5.41) is 4.34. The third kappa shape index (κ3) is 1.44. The molecule has 17 heavy (non-hydrogen) atoms. The van der Waals surface area contributed by atoms with E-state index in [2.05, 4.69) is 5.10 Å². The van der Waals surface area contributed by atoms with Crippen molar-refractivity contribution in [1.29, 1.82) is 0 Å². The SMILES string of the molecule is Cc1nn(C(C)C)c2c(=O)n(C)c(=O)n(C)c12. The van der Waals surface area contributed by atoms with E-state index in [9.17, 15) is 9.59 Å². The van der Waals surface area contributed by atoms with Gasteiger partial charge in [0.05, 0.1) is 11.2 Å². The maximum Gasteiger partial charge on any atom is 0.331 e. The number of fused-ring (bicyclic) bond motifs is 1. The van der Waals surface area contributed by atoms with Crippen molar-refractivity contribution in [3.05, 3.63) is 26.5 Å². The Morgan fingerprint density at radius 1 is 1.06 bits per heavy atom. The lowest BCUT2D eigenvalue weighted by molar-refractivity contribution is 0.543. The van der Waals surface area contributed by atoms with Crippen molar-refractivity contribution in [2.24, 2.45) is 14.1 Å². The summed E-state index contributed by atoms with van der Waals surface area (Å²) in [5.74, 6) is 0. The van der Waals surface area contributed by atoms with Crippen molar-refractivity contribution in [3.8, 4) is 0 Å². The molecule has 2 aromatic heterocycles. The zero-order valence-corrected chi connectivity index (χ0v) is 10.7. The molecule has 0 aliphatic rings. The zero-order valence-electron chi connectivity index (χ0n) is 10.7. The summed E-state index contributed by atoms with van der Waals surface area (Å²) in [6, 6.07) is 0.0800. The fourth-order valence-electron chi connectivity index (χ4n) is 2.08. The zero-order chi connectivity index (χ0) is 12.9. The first-order valence-electron chi connectivity index (χ1n) is 5.51. The Labute approximate surface area is 98.1 Å². The summed E-state index contributed by atoms with van der Waals surface area (Å²) >= 11 is 0. The van der Waals surface area contributed by atoms with Crippen molar-refractivity contribution in [1.82, 2.24) is 18.9 Å². The molecule has 0 atom stereocenters. The Morgan fingerprint density at radius 2 is 1.65 bits per heavy atom. The summed E-state index contributed by atoms with van der Waals surface area (Å²) in [5.41, 5.74) is 1.19. The number of nitrogens with zero attached hydrogens (tertiary/aromatic N) is 4. The summed E-state index contributed by atoms with van der Waals surface area (Å²) in [4.78, 5) is 24.0. The number of hydrogen-bond donors (Lipinski definition) is 0. The van der Waals surface area contributed by atoms with Gasteiger partial charge < -0.3 is 0 Å². The van der Waals surface area contributed by atoms with Crippen molar-refractivity contribution in [2.75, 3.05) is 0 Å². The van der Waals surface area contributed by atoms with Gasteiger partial charge in [-0.25, -0.2) is 4.79 Å². The van der Waals surface area contributed by atoms with Crippen molar-refractivity contribution in [2.45, 2.75) is 26.8 Å². The van der Waals surface area contributed by atoms with Gasteiger partial charge in [0.1, 0.15) is 0 Å². The molecule has 0 fully saturated rings. The highest BCUT2D eigenvalue weighted by molar-refractivity contribution is 5.77. The second kappa shape index (κ2) is 3.58. The molecule has 0 bridgehead atoms. The maximum absolute atomic E-state index is 12.1. The Kier molecular flexibility index (Phi) is 2.45. The molecule has 0 aliphatic carbocycles. The lowest BCUT2D eigenvalue weighted by Crippen LogP contribution is -2.37. The first-order valence-corrected chi connectivity index (χ1v) is 5.51. The predicted octanol–water partition coefficient (Wildman–Crippen LogP) is 0.323. The van der Waals surface area contributed by atoms with Crippen LogP contribution in [0.3, 0.4) is 0 Å². The van der Waals surface area contributed by atoms with Crippen LogP contribution in [0.5, 0.6) is 0 Å². The average molecular weight is 236 g/mol. The molecule has 0 radical (unpaired) electrons. The van der Waals surface area contributed by atoms with Crippen LogP contribution in [0, 0.1) is 6.92 Å². The fraction of sp³-hybridized carbons (Fsp3) is 0.545. The van der Waals surface area contributed by atoms with E-state index in [0.29, 0.717) is 16.7 Å². The predicted molar refractivity (Wildman–Crippen MR) is 65.3 cm³/mol. The molecule has 6 heteroatoms. The molecule has 0 aliphatic heterocycles. The van der Waals surface area contributed by atoms with Gasteiger partial charge in [0.15, 0.2) is 5.52 Å². The van der Waals surface area contributed by atoms with E-state index in [4.69, 9.17) is 0 Å². The Balaban J connectivity index is 3.15. The number of aryl methyl sites for hydroxylation is 2. The van der Waals surface area contributed by atoms with Crippen LogP contribution in [0.15, 0.2) is 9.59 Å². The van der Waals surface area contributed by atoms with Crippen LogP contribution in [-0.4, -0.2) is 18.9 Å². The monoisotopic (exact) mass is 236 g/mol. The van der Waals surface area contributed by atoms with E-state index in [1.807, 2.05) is 13.8 Å². The Morgan fingerprint density at radius 3 is 2.18 bits per heavy atom. The second-order valence-electron chi connectivity index (χ2n) is 4.53. The molecule has 0 amide bonds. The quantitative estimate of drug-likeness (QED) is 0.716. The smallest absolute Gasteiger partial charge is 0.293 e. The molecule has 0 saturated carbocycles. The molecule has 0 saturated heterocycles. The molecule has 2 heterocycles. The molecular weight excluding hydrogens is 220 g/mol. The molecule has 0 spiro atoms. The molecular formula is C11H16N4O2. The van der Waals surface area contributed by atoms with Gasteiger partial charge in [-0.1, -0.05) is 0 Å². The third-order valence-electron chi connectivity index (χ3n) is 2.96. The highest BCUT2D eigenvalue weighted by atomic mass is 16.2. The van der Waals surface area contributed by atoms with E-state index >= 15 is 0 Å². The highest BCUT2D eigenvalue weighted by Crippen LogP contribution is 2.16. The molecule has 0 N–H and O–H groups in total. The van der Waals surface area contributed by atoms with Gasteiger partial charge in [0.25, 0.3) is 5.56 Å². The first kappa shape index (κ1) is 11.6. The largest absolute Gasteiger partial charge is 0.331 e. The van der Waals surface area contributed by atoms with Gasteiger partial charge in [-0.2, -0.15) is 5.10 Å². The van der Waals surface area contributed by atoms with Crippen molar-refractivity contribution >= 4 is 11.0 Å². The van der Waals surface area contributed by atoms with E-state index in [1.54, 1.807) is 18.7 Å². The van der Waals surface area contributed by atoms with Crippen LogP contribution in [0.1, 0.15) is 25.6 Å². The molecule has 92 valence electrons. The minimum Gasteiger partial charge on any atom is -0.293 e. The second-order valence-corrected chi connectivity index (χ2v) is 4.53. The Hall–Kier alpha value is -1.85. The van der Waals surface area contributed by atoms with E-state index in [1.165, 1.54) is 11.6 Å². The van der Waals surface area contributed by atoms with Crippen LogP contribution in [0.25, 0.3) is 11.0 Å². The van der Waals surface area contributed by atoms with E-state index in [-0.39, 0.29) is 17.3 Å². The minimum atomic E-state index is -0.325. The van der Waals surface area contributed by atoms with Gasteiger partial charge in [0.2, 0.25) is 0 Å². The summed E-state index contributed by atoms with van der Waals surface area (Å²) in [6.45, 7) is 5.72. The summed E-state index contributed by atoms with van der Waals surface area (Å²) < 4.78 is 4.26. The van der Waals surface area contributed by atoms with Gasteiger partial charge in [0, 0.05) is 20.1 Å². The molecule has 0 unspecified atom stereocenters. The number of aromatic nitrogens is 4. The van der Waals surface area contributed by atoms with Crippen LogP contribution in [0.2, 0.25) is 0 Å². The number of rotatable bonds is 1. The van der Waals surface area contributed by atoms with Crippen LogP contribution < -0.4 is 11.2 Å². The van der Waals surface area contributed by atoms with Crippen LogP contribution >= 0.6 is 0 Å². The Bertz CT molecular complexity index is 703. The van der Waals surface area contributed by atoms with Crippen LogP contribution in [0.4, 0.5) is 0 Å². The lowest BCUT2D eigenvalue weighted by Gasteiger charge is -2.08. The maximum atomic E-state index is 12.1. The molecule has 2 aromatic rings. The standard InChI is InChI=1S/C11H16N4O2/c1-6(2)15-9-8(7(3)12-15)13(4)11(17)14(5)10(9)16/h6H,1-5H3. The number of hydrogen-bond acceptors (Lipinski definition) is 3. The van der Waals surface area contributed by atoms with E-state index < -0.39 is 0 Å². The van der Waals surface area contributed by atoms with Crippen LogP contribution in [-0.2, 0) is 14.1 Å². The molecule has 6 nitrogen and oxygen atoms in total.